The smallest absolute Gasteiger partial charge is 0.282 e. The number of hydrogen-bond acceptors (Lipinski definition) is 4. The van der Waals surface area contributed by atoms with Crippen LogP contribution in [0.5, 0.6) is 5.75 Å². The molecule has 0 atom stereocenters. The third-order valence-electron chi connectivity index (χ3n) is 5.47. The number of rotatable bonds is 6. The van der Waals surface area contributed by atoms with E-state index in [1.807, 2.05) is 32.9 Å². The molecule has 3 aromatic rings. The average molecular weight is 430 g/mol. The van der Waals surface area contributed by atoms with Crippen molar-refractivity contribution in [3.63, 3.8) is 0 Å². The van der Waals surface area contributed by atoms with Crippen LogP contribution in [0.15, 0.2) is 72.4 Å². The van der Waals surface area contributed by atoms with Gasteiger partial charge in [0.2, 0.25) is 0 Å². The van der Waals surface area contributed by atoms with Crippen molar-refractivity contribution in [1.29, 1.82) is 0 Å². The fraction of sp³-hybridized carbons (Fsp3) is 0.154. The fourth-order valence-electron chi connectivity index (χ4n) is 3.67. The number of aryl methyl sites for hydroxylation is 1. The molecule has 0 radical (unpaired) electrons. The highest BCUT2D eigenvalue weighted by Crippen LogP contribution is 2.36. The predicted octanol–water partition coefficient (Wildman–Crippen LogP) is 5.24. The maximum absolute atomic E-state index is 13.5. The summed E-state index contributed by atoms with van der Waals surface area (Å²) >= 11 is 0. The van der Waals surface area contributed by atoms with Crippen molar-refractivity contribution in [2.45, 2.75) is 20.8 Å². The summed E-state index contributed by atoms with van der Waals surface area (Å²) in [6.07, 6.45) is 0. The van der Waals surface area contributed by atoms with Gasteiger partial charge in [0.05, 0.1) is 17.9 Å². The molecule has 162 valence electrons. The molecular formula is C26H23FN2O3. The molecule has 0 saturated carbocycles. The number of carbonyl (C=O) groups is 2. The zero-order chi connectivity index (χ0) is 22.8. The lowest BCUT2D eigenvalue weighted by Gasteiger charge is -2.19. The molecular weight excluding hydrogens is 407 g/mol. The minimum atomic E-state index is -0.461. The van der Waals surface area contributed by atoms with E-state index in [1.165, 1.54) is 29.2 Å². The fourth-order valence-corrected chi connectivity index (χ4v) is 3.67. The molecule has 0 bridgehead atoms. The van der Waals surface area contributed by atoms with E-state index < -0.39 is 17.6 Å². The molecule has 0 aromatic heterocycles. The number of benzene rings is 3. The van der Waals surface area contributed by atoms with Crippen molar-refractivity contribution in [1.82, 2.24) is 0 Å². The first kappa shape index (κ1) is 21.3. The van der Waals surface area contributed by atoms with Gasteiger partial charge in [0, 0.05) is 5.69 Å². The number of imide groups is 1. The molecule has 1 heterocycles. The second-order valence-electron chi connectivity index (χ2n) is 7.50. The van der Waals surface area contributed by atoms with Gasteiger partial charge in [-0.15, -0.1) is 0 Å². The monoisotopic (exact) mass is 430 g/mol. The summed E-state index contributed by atoms with van der Waals surface area (Å²) in [7, 11) is 0. The van der Waals surface area contributed by atoms with Gasteiger partial charge in [-0.05, 0) is 79.9 Å². The van der Waals surface area contributed by atoms with Gasteiger partial charge in [0.1, 0.15) is 17.3 Å². The molecule has 2 amide bonds. The standard InChI is InChI=1S/C26H23FN2O3/c1-4-32-21-14-12-20(13-15-21)28-24-23(18-8-10-19(27)11-9-18)25(30)29(26(24)31)22-7-5-6-16(2)17(22)3/h5-15,28H,4H2,1-3H3. The van der Waals surface area contributed by atoms with E-state index in [1.54, 1.807) is 30.3 Å². The van der Waals surface area contributed by atoms with Crippen molar-refractivity contribution in [2.24, 2.45) is 0 Å². The molecule has 0 unspecified atom stereocenters. The molecule has 5 nitrogen and oxygen atoms in total. The Morgan fingerprint density at radius 1 is 0.906 bits per heavy atom. The van der Waals surface area contributed by atoms with Crippen molar-refractivity contribution in [3.05, 3.63) is 94.9 Å². The number of halogens is 1. The van der Waals surface area contributed by atoms with Crippen LogP contribution in [0.25, 0.3) is 5.57 Å². The molecule has 1 aliphatic rings. The van der Waals surface area contributed by atoms with Gasteiger partial charge in [-0.1, -0.05) is 24.3 Å². The van der Waals surface area contributed by atoms with Gasteiger partial charge in [-0.3, -0.25) is 9.59 Å². The van der Waals surface area contributed by atoms with Crippen LogP contribution in [0.1, 0.15) is 23.6 Å². The summed E-state index contributed by atoms with van der Waals surface area (Å²) in [6.45, 7) is 6.25. The molecule has 1 N–H and O–H groups in total. The summed E-state index contributed by atoms with van der Waals surface area (Å²) in [5.41, 5.74) is 3.78. The molecule has 4 rings (SSSR count). The lowest BCUT2D eigenvalue weighted by Crippen LogP contribution is -2.33. The van der Waals surface area contributed by atoms with Crippen molar-refractivity contribution in [3.8, 4) is 5.75 Å². The normalized spacial score (nSPS) is 13.7. The SMILES string of the molecule is CCOc1ccc(NC2=C(c3ccc(F)cc3)C(=O)N(c3cccc(C)c3C)C2=O)cc1. The van der Waals surface area contributed by atoms with Crippen LogP contribution in [0, 0.1) is 19.7 Å². The zero-order valence-electron chi connectivity index (χ0n) is 18.1. The van der Waals surface area contributed by atoms with Crippen molar-refractivity contribution < 1.29 is 18.7 Å². The minimum Gasteiger partial charge on any atom is -0.494 e. The minimum absolute atomic E-state index is 0.145. The first-order valence-electron chi connectivity index (χ1n) is 10.4. The highest BCUT2D eigenvalue weighted by molar-refractivity contribution is 6.46. The van der Waals surface area contributed by atoms with Crippen molar-refractivity contribution >= 4 is 28.8 Å². The van der Waals surface area contributed by atoms with Crippen LogP contribution >= 0.6 is 0 Å². The van der Waals surface area contributed by atoms with E-state index >= 15 is 0 Å². The second-order valence-corrected chi connectivity index (χ2v) is 7.50. The Bertz CT molecular complexity index is 1210. The quantitative estimate of drug-likeness (QED) is 0.544. The molecule has 6 heteroatoms. The molecule has 0 saturated heterocycles. The van der Waals surface area contributed by atoms with Gasteiger partial charge < -0.3 is 10.1 Å². The highest BCUT2D eigenvalue weighted by atomic mass is 19.1. The number of amides is 2. The Hall–Kier alpha value is -3.93. The molecule has 1 aliphatic heterocycles. The Morgan fingerprint density at radius 3 is 2.25 bits per heavy atom. The van der Waals surface area contributed by atoms with E-state index in [-0.39, 0.29) is 11.3 Å². The lowest BCUT2D eigenvalue weighted by atomic mass is 10.0. The van der Waals surface area contributed by atoms with Gasteiger partial charge in [-0.2, -0.15) is 0 Å². The summed E-state index contributed by atoms with van der Waals surface area (Å²) in [6, 6.07) is 18.2. The molecule has 3 aromatic carbocycles. The van der Waals surface area contributed by atoms with Gasteiger partial charge in [-0.25, -0.2) is 9.29 Å². The van der Waals surface area contributed by atoms with E-state index in [9.17, 15) is 14.0 Å². The summed E-state index contributed by atoms with van der Waals surface area (Å²) in [4.78, 5) is 28.2. The van der Waals surface area contributed by atoms with Crippen LogP contribution < -0.4 is 15.0 Å². The number of hydrogen-bond donors (Lipinski definition) is 1. The van der Waals surface area contributed by atoms with Crippen LogP contribution in [0.2, 0.25) is 0 Å². The van der Waals surface area contributed by atoms with E-state index in [0.29, 0.717) is 29.3 Å². The summed E-state index contributed by atoms with van der Waals surface area (Å²) < 4.78 is 19.0. The molecule has 0 fully saturated rings. The van der Waals surface area contributed by atoms with E-state index in [4.69, 9.17) is 4.74 Å². The summed E-state index contributed by atoms with van der Waals surface area (Å²) in [5, 5.41) is 3.11. The lowest BCUT2D eigenvalue weighted by molar-refractivity contribution is -0.120. The third kappa shape index (κ3) is 3.87. The molecule has 32 heavy (non-hydrogen) atoms. The van der Waals surface area contributed by atoms with E-state index in [0.717, 1.165) is 11.1 Å². The molecule has 0 aliphatic carbocycles. The van der Waals surface area contributed by atoms with E-state index in [2.05, 4.69) is 5.32 Å². The Morgan fingerprint density at radius 2 is 1.59 bits per heavy atom. The van der Waals surface area contributed by atoms with Gasteiger partial charge >= 0.3 is 0 Å². The van der Waals surface area contributed by atoms with Crippen LogP contribution in [-0.2, 0) is 9.59 Å². The van der Waals surface area contributed by atoms with Crippen LogP contribution in [-0.4, -0.2) is 18.4 Å². The maximum atomic E-state index is 13.5. The number of carbonyl (C=O) groups excluding carboxylic acids is 2. The number of anilines is 2. The summed E-state index contributed by atoms with van der Waals surface area (Å²) in [5.74, 6) is -0.629. The molecule has 0 spiro atoms. The predicted molar refractivity (Wildman–Crippen MR) is 123 cm³/mol. The van der Waals surface area contributed by atoms with Gasteiger partial charge in [0.25, 0.3) is 11.8 Å². The zero-order valence-corrected chi connectivity index (χ0v) is 18.1. The number of ether oxygens (including phenoxy) is 1. The number of nitrogens with one attached hydrogen (secondary N) is 1. The first-order valence-corrected chi connectivity index (χ1v) is 10.4. The Kier molecular flexibility index (Phi) is 5.77. The van der Waals surface area contributed by atoms with Crippen LogP contribution in [0.4, 0.5) is 15.8 Å². The van der Waals surface area contributed by atoms with Gasteiger partial charge in [0.15, 0.2) is 0 Å². The highest BCUT2D eigenvalue weighted by Gasteiger charge is 2.40. The van der Waals surface area contributed by atoms with Crippen LogP contribution in [0.3, 0.4) is 0 Å². The Labute approximate surface area is 186 Å². The van der Waals surface area contributed by atoms with Crippen molar-refractivity contribution in [2.75, 3.05) is 16.8 Å². The number of nitrogens with zero attached hydrogens (tertiary/aromatic N) is 1. The second kappa shape index (κ2) is 8.67. The maximum Gasteiger partial charge on any atom is 0.282 e. The topological polar surface area (TPSA) is 58.6 Å². The Balaban J connectivity index is 1.79. The first-order chi connectivity index (χ1) is 15.4. The third-order valence-corrected chi connectivity index (χ3v) is 5.47. The largest absolute Gasteiger partial charge is 0.494 e. The average Bonchev–Trinajstić information content (AvgIpc) is 3.02.